The van der Waals surface area contributed by atoms with Gasteiger partial charge in [0.05, 0.1) is 12.8 Å². The predicted octanol–water partition coefficient (Wildman–Crippen LogP) is 1.75. The van der Waals surface area contributed by atoms with Crippen molar-refractivity contribution in [2.75, 3.05) is 13.2 Å². The fourth-order valence-corrected chi connectivity index (χ4v) is 1.82. The number of ether oxygens (including phenoxy) is 2. The molecule has 1 aromatic carbocycles. The normalized spacial score (nSPS) is 10.3. The van der Waals surface area contributed by atoms with Gasteiger partial charge in [0.2, 0.25) is 5.91 Å². The van der Waals surface area contributed by atoms with Gasteiger partial charge in [0, 0.05) is 12.5 Å². The molecule has 1 rings (SSSR count). The largest absolute Gasteiger partial charge is 0.490 e. The molecule has 0 saturated carbocycles. The van der Waals surface area contributed by atoms with Gasteiger partial charge in [-0.25, -0.2) is 10.2 Å². The minimum absolute atomic E-state index is 0.279. The van der Waals surface area contributed by atoms with Crippen LogP contribution in [0.3, 0.4) is 0 Å². The zero-order chi connectivity index (χ0) is 17.2. The number of hydrogen-bond acceptors (Lipinski definition) is 5. The van der Waals surface area contributed by atoms with Crippen molar-refractivity contribution in [1.82, 2.24) is 5.43 Å². The van der Waals surface area contributed by atoms with Crippen molar-refractivity contribution in [3.8, 4) is 11.5 Å². The molecule has 23 heavy (non-hydrogen) atoms. The van der Waals surface area contributed by atoms with Crippen LogP contribution in [0.25, 0.3) is 0 Å². The van der Waals surface area contributed by atoms with Gasteiger partial charge in [-0.05, 0) is 31.0 Å². The van der Waals surface area contributed by atoms with Gasteiger partial charge in [0.25, 0.3) is 0 Å². The number of carboxylic acids is 1. The van der Waals surface area contributed by atoms with Gasteiger partial charge in [-0.15, -0.1) is 6.58 Å². The Hall–Kier alpha value is -2.83. The Morgan fingerprint density at radius 3 is 2.70 bits per heavy atom. The smallest absolute Gasteiger partial charge is 0.341 e. The van der Waals surface area contributed by atoms with E-state index in [1.165, 1.54) is 13.1 Å². The summed E-state index contributed by atoms with van der Waals surface area (Å²) in [5, 5.41) is 12.6. The van der Waals surface area contributed by atoms with E-state index >= 15 is 0 Å². The third-order valence-corrected chi connectivity index (χ3v) is 2.59. The standard InChI is InChI=1S/C16H20N2O5/c1-4-6-13-7-12(9-17-18-11(3)19)8-14(22-5-2)16(13)23-10-15(20)21/h4,7-9H,1,5-6,10H2,2-3H3,(H,18,19)(H,20,21)/b17-9-. The quantitative estimate of drug-likeness (QED) is 0.410. The lowest BCUT2D eigenvalue weighted by Crippen LogP contribution is -2.13. The SMILES string of the molecule is C=CCc1cc(/C=N\NC(C)=O)cc(OCC)c1OCC(=O)O. The van der Waals surface area contributed by atoms with Gasteiger partial charge in [-0.3, -0.25) is 4.79 Å². The first-order valence-corrected chi connectivity index (χ1v) is 7.02. The van der Waals surface area contributed by atoms with Crippen LogP contribution in [0.2, 0.25) is 0 Å². The van der Waals surface area contributed by atoms with Crippen molar-refractivity contribution in [3.05, 3.63) is 35.9 Å². The number of carboxylic acid groups (broad SMARTS) is 1. The highest BCUT2D eigenvalue weighted by atomic mass is 16.5. The first-order chi connectivity index (χ1) is 11.0. The minimum Gasteiger partial charge on any atom is -0.490 e. The molecule has 0 bridgehead atoms. The van der Waals surface area contributed by atoms with Crippen molar-refractivity contribution >= 4 is 18.1 Å². The van der Waals surface area contributed by atoms with E-state index in [0.717, 1.165) is 5.56 Å². The highest BCUT2D eigenvalue weighted by Gasteiger charge is 2.14. The van der Waals surface area contributed by atoms with E-state index in [1.54, 1.807) is 18.2 Å². The average Bonchev–Trinajstić information content (AvgIpc) is 2.46. The summed E-state index contributed by atoms with van der Waals surface area (Å²) in [4.78, 5) is 21.6. The van der Waals surface area contributed by atoms with Crippen molar-refractivity contribution in [2.24, 2.45) is 5.10 Å². The second kappa shape index (κ2) is 9.24. The monoisotopic (exact) mass is 320 g/mol. The summed E-state index contributed by atoms with van der Waals surface area (Å²) in [6.07, 6.45) is 3.61. The van der Waals surface area contributed by atoms with E-state index in [0.29, 0.717) is 30.1 Å². The van der Waals surface area contributed by atoms with Gasteiger partial charge in [-0.2, -0.15) is 5.10 Å². The van der Waals surface area contributed by atoms with Crippen LogP contribution in [0.1, 0.15) is 25.0 Å². The number of allylic oxidation sites excluding steroid dienone is 1. The fourth-order valence-electron chi connectivity index (χ4n) is 1.82. The highest BCUT2D eigenvalue weighted by molar-refractivity contribution is 5.83. The van der Waals surface area contributed by atoms with Crippen LogP contribution >= 0.6 is 0 Å². The van der Waals surface area contributed by atoms with Crippen molar-refractivity contribution < 1.29 is 24.2 Å². The lowest BCUT2D eigenvalue weighted by Gasteiger charge is -2.15. The summed E-state index contributed by atoms with van der Waals surface area (Å²) >= 11 is 0. The van der Waals surface area contributed by atoms with E-state index in [1.807, 2.05) is 6.92 Å². The number of benzene rings is 1. The molecule has 0 radical (unpaired) electrons. The van der Waals surface area contributed by atoms with Crippen molar-refractivity contribution in [1.29, 1.82) is 0 Å². The summed E-state index contributed by atoms with van der Waals surface area (Å²) in [7, 11) is 0. The van der Waals surface area contributed by atoms with Gasteiger partial charge in [0.15, 0.2) is 18.1 Å². The number of nitrogens with one attached hydrogen (secondary N) is 1. The van der Waals surface area contributed by atoms with E-state index in [-0.39, 0.29) is 5.91 Å². The summed E-state index contributed by atoms with van der Waals surface area (Å²) < 4.78 is 10.9. The van der Waals surface area contributed by atoms with Crippen molar-refractivity contribution in [2.45, 2.75) is 20.3 Å². The molecular weight excluding hydrogens is 300 g/mol. The van der Waals surface area contributed by atoms with Crippen LogP contribution in [0.15, 0.2) is 29.9 Å². The third kappa shape index (κ3) is 6.21. The molecule has 7 nitrogen and oxygen atoms in total. The number of carbonyl (C=O) groups excluding carboxylic acids is 1. The molecule has 0 aliphatic carbocycles. The Kier molecular flexibility index (Phi) is 7.32. The number of hydrogen-bond donors (Lipinski definition) is 2. The summed E-state index contributed by atoms with van der Waals surface area (Å²) in [6, 6.07) is 3.44. The number of nitrogens with zero attached hydrogens (tertiary/aromatic N) is 1. The fraction of sp³-hybridized carbons (Fsp3) is 0.312. The Morgan fingerprint density at radius 1 is 1.39 bits per heavy atom. The highest BCUT2D eigenvalue weighted by Crippen LogP contribution is 2.33. The zero-order valence-corrected chi connectivity index (χ0v) is 13.2. The van der Waals surface area contributed by atoms with Gasteiger partial charge < -0.3 is 14.6 Å². The molecule has 1 amide bonds. The summed E-state index contributed by atoms with van der Waals surface area (Å²) in [5.41, 5.74) is 3.71. The minimum atomic E-state index is -1.08. The van der Waals surface area contributed by atoms with Crippen LogP contribution < -0.4 is 14.9 Å². The topological polar surface area (TPSA) is 97.2 Å². The predicted molar refractivity (Wildman–Crippen MR) is 86.1 cm³/mol. The first-order valence-electron chi connectivity index (χ1n) is 7.02. The second-order valence-electron chi connectivity index (χ2n) is 4.54. The first kappa shape index (κ1) is 18.2. The molecule has 124 valence electrons. The lowest BCUT2D eigenvalue weighted by atomic mass is 10.1. The number of aliphatic carboxylic acids is 1. The van der Waals surface area contributed by atoms with Crippen LogP contribution in [-0.4, -0.2) is 36.4 Å². The maximum Gasteiger partial charge on any atom is 0.341 e. The van der Waals surface area contributed by atoms with Gasteiger partial charge in [-0.1, -0.05) is 6.08 Å². The molecule has 0 heterocycles. The summed E-state index contributed by atoms with van der Waals surface area (Å²) in [6.45, 7) is 6.77. The maximum atomic E-state index is 10.8. The molecule has 2 N–H and O–H groups in total. The number of amides is 1. The number of hydrazone groups is 1. The van der Waals surface area contributed by atoms with Crippen LogP contribution in [0.5, 0.6) is 11.5 Å². The van der Waals surface area contributed by atoms with E-state index in [2.05, 4.69) is 17.1 Å². The van der Waals surface area contributed by atoms with E-state index < -0.39 is 12.6 Å². The van der Waals surface area contributed by atoms with Gasteiger partial charge >= 0.3 is 5.97 Å². The molecule has 0 saturated heterocycles. The Morgan fingerprint density at radius 2 is 2.13 bits per heavy atom. The molecule has 0 aliphatic heterocycles. The van der Waals surface area contributed by atoms with Crippen molar-refractivity contribution in [3.63, 3.8) is 0 Å². The molecular formula is C16H20N2O5. The van der Waals surface area contributed by atoms with Crippen LogP contribution in [0.4, 0.5) is 0 Å². The molecule has 1 aromatic rings. The zero-order valence-electron chi connectivity index (χ0n) is 13.2. The molecule has 7 heteroatoms. The maximum absolute atomic E-state index is 10.8. The second-order valence-corrected chi connectivity index (χ2v) is 4.54. The van der Waals surface area contributed by atoms with Crippen LogP contribution in [0, 0.1) is 0 Å². The Labute approximate surface area is 134 Å². The van der Waals surface area contributed by atoms with E-state index in [4.69, 9.17) is 14.6 Å². The molecule has 0 atom stereocenters. The lowest BCUT2D eigenvalue weighted by molar-refractivity contribution is -0.139. The Balaban J connectivity index is 3.20. The average molecular weight is 320 g/mol. The molecule has 0 spiro atoms. The number of rotatable bonds is 9. The molecule has 0 aliphatic rings. The Bertz CT molecular complexity index is 611. The van der Waals surface area contributed by atoms with Gasteiger partial charge in [0.1, 0.15) is 0 Å². The molecule has 0 unspecified atom stereocenters. The third-order valence-electron chi connectivity index (χ3n) is 2.59. The van der Waals surface area contributed by atoms with E-state index in [9.17, 15) is 9.59 Å². The van der Waals surface area contributed by atoms with Crippen LogP contribution in [-0.2, 0) is 16.0 Å². The summed E-state index contributed by atoms with van der Waals surface area (Å²) in [5.74, 6) is -0.574. The molecule has 0 aromatic heterocycles. The number of carbonyl (C=O) groups is 2. The molecule has 0 fully saturated rings.